The van der Waals surface area contributed by atoms with Gasteiger partial charge in [0, 0.05) is 0 Å². The molecule has 1 aliphatic rings. The van der Waals surface area contributed by atoms with E-state index in [1.54, 1.807) is 0 Å². The van der Waals surface area contributed by atoms with Crippen LogP contribution in [0.25, 0.3) is 0 Å². The zero-order valence-corrected chi connectivity index (χ0v) is 12.8. The molecule has 0 spiro atoms. The van der Waals surface area contributed by atoms with E-state index >= 15 is 0 Å². The lowest BCUT2D eigenvalue weighted by molar-refractivity contribution is 0.0822. The van der Waals surface area contributed by atoms with Crippen molar-refractivity contribution in [1.29, 1.82) is 0 Å². The first-order valence-corrected chi connectivity index (χ1v) is 6.40. The average Bonchev–Trinajstić information content (AvgIpc) is 2.51. The molecule has 0 amide bonds. The zero-order chi connectivity index (χ0) is 17.5. The first-order valence-electron chi connectivity index (χ1n) is 6.40. The second kappa shape index (κ2) is 5.64. The molecule has 122 valence electrons. The van der Waals surface area contributed by atoms with Gasteiger partial charge in [0.05, 0.1) is 32.5 Å². The molecule has 8 heteroatoms. The highest BCUT2D eigenvalue weighted by Crippen LogP contribution is 2.46. The fraction of sp³-hybridized carbons (Fsp3) is 0.267. The molecule has 0 fully saturated rings. The quantitative estimate of drug-likeness (QED) is 0.626. The summed E-state index contributed by atoms with van der Waals surface area (Å²) in [6.07, 6.45) is 0. The molecule has 23 heavy (non-hydrogen) atoms. The fourth-order valence-corrected chi connectivity index (χ4v) is 2.47. The molecule has 0 bridgehead atoms. The maximum absolute atomic E-state index is 12.5. The van der Waals surface area contributed by atoms with Crippen LogP contribution in [0.5, 0.6) is 17.2 Å². The summed E-state index contributed by atoms with van der Waals surface area (Å²) in [5, 5.41) is 20.6. The van der Waals surface area contributed by atoms with E-state index in [4.69, 9.17) is 14.2 Å². The molecule has 1 aromatic carbocycles. The van der Waals surface area contributed by atoms with Gasteiger partial charge in [0.25, 0.3) is 0 Å². The number of methoxy groups -OCH3 is 3. The van der Waals surface area contributed by atoms with E-state index in [0.29, 0.717) is 0 Å². The normalized spacial score (nSPS) is 13.7. The number of benzene rings is 1. The lowest BCUT2D eigenvalue weighted by Crippen LogP contribution is -2.25. The second-order valence-electron chi connectivity index (χ2n) is 4.64. The van der Waals surface area contributed by atoms with Gasteiger partial charge in [-0.15, -0.1) is 0 Å². The van der Waals surface area contributed by atoms with Crippen molar-refractivity contribution >= 4 is 17.3 Å². The van der Waals surface area contributed by atoms with Crippen LogP contribution in [-0.2, 0) is 9.47 Å². The predicted octanol–water partition coefficient (Wildman–Crippen LogP) is 1.19. The van der Waals surface area contributed by atoms with Gasteiger partial charge in [-0.1, -0.05) is 0 Å². The van der Waals surface area contributed by atoms with E-state index in [9.17, 15) is 24.6 Å². The smallest absolute Gasteiger partial charge is 0.236 e. The van der Waals surface area contributed by atoms with Crippen LogP contribution < -0.4 is 4.74 Å². The molecule has 0 atom stereocenters. The number of hydrogen-bond acceptors (Lipinski definition) is 8. The first-order chi connectivity index (χ1) is 10.8. The van der Waals surface area contributed by atoms with Crippen molar-refractivity contribution < 1.29 is 38.8 Å². The lowest BCUT2D eigenvalue weighted by Gasteiger charge is -2.23. The first kappa shape index (κ1) is 16.3. The molecular weight excluding hydrogens is 308 g/mol. The van der Waals surface area contributed by atoms with Gasteiger partial charge in [0.15, 0.2) is 17.3 Å². The zero-order valence-electron chi connectivity index (χ0n) is 12.8. The Hall–Kier alpha value is -3.03. The van der Waals surface area contributed by atoms with Crippen LogP contribution in [0.2, 0.25) is 0 Å². The van der Waals surface area contributed by atoms with Crippen molar-refractivity contribution in [3.05, 3.63) is 28.2 Å². The minimum absolute atomic E-state index is 0.397. The maximum atomic E-state index is 12.5. The molecular formula is C15H14O8. The van der Waals surface area contributed by atoms with Crippen LogP contribution in [0.1, 0.15) is 38.0 Å². The van der Waals surface area contributed by atoms with Crippen molar-refractivity contribution in [1.82, 2.24) is 0 Å². The topological polar surface area (TPSA) is 119 Å². The Kier molecular flexibility index (Phi) is 4.00. The molecule has 8 nitrogen and oxygen atoms in total. The van der Waals surface area contributed by atoms with Crippen LogP contribution in [0.15, 0.2) is 11.5 Å². The molecule has 1 aliphatic carbocycles. The van der Waals surface area contributed by atoms with Crippen molar-refractivity contribution in [2.45, 2.75) is 6.92 Å². The summed E-state index contributed by atoms with van der Waals surface area (Å²) in [5.74, 6) is -5.16. The molecule has 0 saturated heterocycles. The Bertz CT molecular complexity index is 772. The monoisotopic (exact) mass is 322 g/mol. The summed E-state index contributed by atoms with van der Waals surface area (Å²) in [4.78, 5) is 36.7. The van der Waals surface area contributed by atoms with Gasteiger partial charge >= 0.3 is 0 Å². The highest BCUT2D eigenvalue weighted by molar-refractivity contribution is 6.28. The summed E-state index contributed by atoms with van der Waals surface area (Å²) in [6, 6.07) is 0. The van der Waals surface area contributed by atoms with Crippen molar-refractivity contribution in [3.8, 4) is 17.2 Å². The van der Waals surface area contributed by atoms with Crippen LogP contribution in [0.3, 0.4) is 0 Å². The molecule has 0 aliphatic heterocycles. The minimum atomic E-state index is -0.892. The number of rotatable bonds is 4. The number of ether oxygens (including phenoxy) is 3. The average molecular weight is 322 g/mol. The molecule has 2 rings (SSSR count). The summed E-state index contributed by atoms with van der Waals surface area (Å²) in [6.45, 7) is 1.12. The largest absolute Gasteiger partial charge is 0.506 e. The van der Waals surface area contributed by atoms with E-state index in [1.807, 2.05) is 0 Å². The number of carbonyl (C=O) groups excluding carboxylic acids is 3. The Balaban J connectivity index is 2.97. The molecule has 0 aromatic heterocycles. The molecule has 2 N–H and O–H groups in total. The summed E-state index contributed by atoms with van der Waals surface area (Å²) in [7, 11) is 3.45. The van der Waals surface area contributed by atoms with E-state index in [0.717, 1.165) is 28.3 Å². The highest BCUT2D eigenvalue weighted by Gasteiger charge is 2.42. The molecule has 0 saturated carbocycles. The molecule has 1 aromatic rings. The van der Waals surface area contributed by atoms with E-state index < -0.39 is 62.8 Å². The number of hydrogen-bond donors (Lipinski definition) is 2. The third-order valence-electron chi connectivity index (χ3n) is 3.44. The summed E-state index contributed by atoms with van der Waals surface area (Å²) < 4.78 is 14.6. The maximum Gasteiger partial charge on any atom is 0.236 e. The van der Waals surface area contributed by atoms with Gasteiger partial charge in [-0.05, 0) is 6.92 Å². The Morgan fingerprint density at radius 1 is 0.826 bits per heavy atom. The number of ketones is 3. The number of Topliss-reactive ketones (excluding diaryl/α,β-unsaturated/α-hetero) is 3. The minimum Gasteiger partial charge on any atom is -0.506 e. The third-order valence-corrected chi connectivity index (χ3v) is 3.44. The number of fused-ring (bicyclic) bond motifs is 1. The molecule has 0 heterocycles. The second-order valence-corrected chi connectivity index (χ2v) is 4.64. The van der Waals surface area contributed by atoms with E-state index in [2.05, 4.69) is 0 Å². The van der Waals surface area contributed by atoms with Crippen LogP contribution in [-0.4, -0.2) is 48.9 Å². The predicted molar refractivity (Wildman–Crippen MR) is 76.0 cm³/mol. The number of phenolic OH excluding ortho intramolecular Hbond substituents is 2. The van der Waals surface area contributed by atoms with Crippen molar-refractivity contribution in [3.63, 3.8) is 0 Å². The Morgan fingerprint density at radius 3 is 1.61 bits per heavy atom. The molecule has 0 unspecified atom stereocenters. The van der Waals surface area contributed by atoms with Gasteiger partial charge in [-0.3, -0.25) is 14.4 Å². The summed E-state index contributed by atoms with van der Waals surface area (Å²) in [5.41, 5.74) is -1.44. The van der Waals surface area contributed by atoms with Gasteiger partial charge < -0.3 is 24.4 Å². The Labute approximate surface area is 130 Å². The number of carbonyl (C=O) groups is 3. The number of aromatic hydroxyl groups is 2. The van der Waals surface area contributed by atoms with Crippen molar-refractivity contribution in [2.24, 2.45) is 0 Å². The van der Waals surface area contributed by atoms with Gasteiger partial charge in [-0.25, -0.2) is 0 Å². The van der Waals surface area contributed by atoms with Crippen molar-refractivity contribution in [2.75, 3.05) is 21.3 Å². The standard InChI is InChI=1S/C15H14O8/c1-5(16)6-9(17)7-8(10(18)13(6)21-2)12(20)15(23-4)14(22-3)11(7)19/h17-18H,1-4H3. The number of phenols is 2. The van der Waals surface area contributed by atoms with Gasteiger partial charge in [0.1, 0.15) is 11.3 Å². The molecule has 0 radical (unpaired) electrons. The SMILES string of the molecule is COC1=C(OC)C(=O)c2c(O)c(C(C)=O)c(OC)c(O)c2C1=O. The fourth-order valence-electron chi connectivity index (χ4n) is 2.47. The van der Waals surface area contributed by atoms with Gasteiger partial charge in [-0.2, -0.15) is 0 Å². The van der Waals surface area contributed by atoms with Gasteiger partial charge in [0.2, 0.25) is 23.1 Å². The van der Waals surface area contributed by atoms with E-state index in [1.165, 1.54) is 0 Å². The van der Waals surface area contributed by atoms with Crippen LogP contribution >= 0.6 is 0 Å². The Morgan fingerprint density at radius 2 is 1.26 bits per heavy atom. The van der Waals surface area contributed by atoms with E-state index in [-0.39, 0.29) is 0 Å². The lowest BCUT2D eigenvalue weighted by atomic mass is 9.87. The highest BCUT2D eigenvalue weighted by atomic mass is 16.5. The van der Waals surface area contributed by atoms with Crippen LogP contribution in [0.4, 0.5) is 0 Å². The third kappa shape index (κ3) is 2.10. The van der Waals surface area contributed by atoms with Crippen LogP contribution in [0, 0.1) is 0 Å². The summed E-state index contributed by atoms with van der Waals surface area (Å²) >= 11 is 0. The number of allylic oxidation sites excluding steroid dienone is 2.